The van der Waals surface area contributed by atoms with Crippen LogP contribution in [0.2, 0.25) is 0 Å². The Morgan fingerprint density at radius 3 is 2.92 bits per heavy atom. The highest BCUT2D eigenvalue weighted by molar-refractivity contribution is 5.71. The van der Waals surface area contributed by atoms with Crippen molar-refractivity contribution in [2.75, 3.05) is 6.54 Å². The van der Waals surface area contributed by atoms with Crippen LogP contribution < -0.4 is 11.1 Å². The molecule has 0 aromatic heterocycles. The van der Waals surface area contributed by atoms with Crippen LogP contribution in [0.1, 0.15) is 19.8 Å². The number of carbonyl (C=O) groups excluding carboxylic acids is 1. The van der Waals surface area contributed by atoms with Crippen LogP contribution >= 0.6 is 0 Å². The summed E-state index contributed by atoms with van der Waals surface area (Å²) in [7, 11) is 0. The third-order valence-electron chi connectivity index (χ3n) is 3.46. The van der Waals surface area contributed by atoms with Gasteiger partial charge < -0.3 is 11.1 Å². The van der Waals surface area contributed by atoms with E-state index in [-0.39, 0.29) is 5.41 Å². The Kier molecular flexibility index (Phi) is 1.82. The first-order chi connectivity index (χ1) is 6.10. The maximum Gasteiger partial charge on any atom is 0.312 e. The van der Waals surface area contributed by atoms with Crippen molar-refractivity contribution in [2.24, 2.45) is 23.0 Å². The van der Waals surface area contributed by atoms with Gasteiger partial charge >= 0.3 is 6.03 Å². The monoisotopic (exact) mass is 180 g/mol. The van der Waals surface area contributed by atoms with Gasteiger partial charge in [0.25, 0.3) is 0 Å². The molecule has 0 aromatic rings. The fourth-order valence-corrected chi connectivity index (χ4v) is 2.69. The molecule has 0 radical (unpaired) electrons. The summed E-state index contributed by atoms with van der Waals surface area (Å²) in [5.74, 6) is 1.38. The summed E-state index contributed by atoms with van der Waals surface area (Å²) in [6, 6.07) is -0.409. The predicted octanol–water partition coefficient (Wildman–Crippen LogP) is 1.26. The molecular weight excluding hydrogens is 164 g/mol. The molecule has 2 aliphatic rings. The smallest absolute Gasteiger partial charge is 0.312 e. The van der Waals surface area contributed by atoms with Gasteiger partial charge in [0.05, 0.1) is 0 Å². The normalized spacial score (nSPS) is 41.0. The van der Waals surface area contributed by atoms with Crippen molar-refractivity contribution < 1.29 is 4.79 Å². The van der Waals surface area contributed by atoms with Crippen LogP contribution in [-0.2, 0) is 0 Å². The van der Waals surface area contributed by atoms with Gasteiger partial charge in [0.1, 0.15) is 0 Å². The number of nitrogens with one attached hydrogen (secondary N) is 1. The number of amides is 2. The third kappa shape index (κ3) is 1.43. The lowest BCUT2D eigenvalue weighted by Crippen LogP contribution is -2.40. The van der Waals surface area contributed by atoms with Crippen molar-refractivity contribution in [1.82, 2.24) is 5.32 Å². The topological polar surface area (TPSA) is 55.1 Å². The average Bonchev–Trinajstić information content (AvgIpc) is 2.60. The number of urea groups is 1. The zero-order valence-electron chi connectivity index (χ0n) is 7.92. The summed E-state index contributed by atoms with van der Waals surface area (Å²) in [5.41, 5.74) is 5.30. The Balaban J connectivity index is 1.98. The summed E-state index contributed by atoms with van der Waals surface area (Å²) in [6.07, 6.45) is 7.04. The van der Waals surface area contributed by atoms with E-state index >= 15 is 0 Å². The quantitative estimate of drug-likeness (QED) is 0.617. The maximum atomic E-state index is 10.6. The number of primary amides is 1. The summed E-state index contributed by atoms with van der Waals surface area (Å²) >= 11 is 0. The third-order valence-corrected chi connectivity index (χ3v) is 3.46. The molecule has 0 spiro atoms. The molecule has 3 atom stereocenters. The molecule has 2 rings (SSSR count). The Hall–Kier alpha value is -0.990. The number of fused-ring (bicyclic) bond motifs is 2. The number of hydrogen-bond acceptors (Lipinski definition) is 1. The van der Waals surface area contributed by atoms with Gasteiger partial charge in [-0.25, -0.2) is 4.79 Å². The standard InChI is InChI=1S/C10H16N2O/c1-10(6-12-9(11)13)5-7-2-3-8(10)4-7/h2-3,7-8H,4-6H2,1H3,(H3,11,12,13)/t7-,8+,10+/m1/s1. The van der Waals surface area contributed by atoms with E-state index in [1.165, 1.54) is 12.8 Å². The zero-order chi connectivity index (χ0) is 9.47. The highest BCUT2D eigenvalue weighted by Gasteiger charge is 2.44. The van der Waals surface area contributed by atoms with Gasteiger partial charge in [-0.1, -0.05) is 19.1 Å². The predicted molar refractivity (Wildman–Crippen MR) is 51.0 cm³/mol. The fraction of sp³-hybridized carbons (Fsp3) is 0.700. The number of hydrogen-bond donors (Lipinski definition) is 2. The molecule has 13 heavy (non-hydrogen) atoms. The summed E-state index contributed by atoms with van der Waals surface area (Å²) in [6.45, 7) is 2.95. The van der Waals surface area contributed by atoms with Gasteiger partial charge in [0, 0.05) is 6.54 Å². The van der Waals surface area contributed by atoms with Gasteiger partial charge in [-0.15, -0.1) is 0 Å². The molecule has 2 amide bonds. The van der Waals surface area contributed by atoms with Gasteiger partial charge in [-0.05, 0) is 30.1 Å². The van der Waals surface area contributed by atoms with Gasteiger partial charge in [-0.3, -0.25) is 0 Å². The molecule has 0 unspecified atom stereocenters. The van der Waals surface area contributed by atoms with Crippen molar-refractivity contribution in [3.63, 3.8) is 0 Å². The molecule has 0 aliphatic heterocycles. The van der Waals surface area contributed by atoms with Crippen LogP contribution in [0.25, 0.3) is 0 Å². The van der Waals surface area contributed by atoms with Crippen LogP contribution in [0.4, 0.5) is 4.79 Å². The molecule has 0 heterocycles. The minimum atomic E-state index is -0.409. The van der Waals surface area contributed by atoms with E-state index in [0.29, 0.717) is 12.5 Å². The molecule has 72 valence electrons. The lowest BCUT2D eigenvalue weighted by Gasteiger charge is -2.31. The number of carbonyl (C=O) groups is 1. The Morgan fingerprint density at radius 2 is 2.46 bits per heavy atom. The molecule has 1 fully saturated rings. The van der Waals surface area contributed by atoms with Crippen LogP contribution in [0.15, 0.2) is 12.2 Å². The van der Waals surface area contributed by atoms with E-state index in [1.54, 1.807) is 0 Å². The highest BCUT2D eigenvalue weighted by Crippen LogP contribution is 2.51. The van der Waals surface area contributed by atoms with Crippen molar-refractivity contribution in [2.45, 2.75) is 19.8 Å². The van der Waals surface area contributed by atoms with Crippen molar-refractivity contribution in [3.05, 3.63) is 12.2 Å². The van der Waals surface area contributed by atoms with Crippen LogP contribution in [0.3, 0.4) is 0 Å². The Bertz CT molecular complexity index is 262. The molecule has 0 aromatic carbocycles. The van der Waals surface area contributed by atoms with Crippen LogP contribution in [0, 0.1) is 17.3 Å². The van der Waals surface area contributed by atoms with Gasteiger partial charge in [0.15, 0.2) is 0 Å². The maximum absolute atomic E-state index is 10.6. The van der Waals surface area contributed by atoms with E-state index in [0.717, 1.165) is 5.92 Å². The van der Waals surface area contributed by atoms with Crippen molar-refractivity contribution >= 4 is 6.03 Å². The van der Waals surface area contributed by atoms with Crippen LogP contribution in [0.5, 0.6) is 0 Å². The number of rotatable bonds is 2. The molecule has 3 N–H and O–H groups in total. The lowest BCUT2D eigenvalue weighted by atomic mass is 9.77. The van der Waals surface area contributed by atoms with Gasteiger partial charge in [0.2, 0.25) is 0 Å². The fourth-order valence-electron chi connectivity index (χ4n) is 2.69. The first-order valence-corrected chi connectivity index (χ1v) is 4.82. The first-order valence-electron chi connectivity index (χ1n) is 4.82. The van der Waals surface area contributed by atoms with E-state index < -0.39 is 6.03 Å². The lowest BCUT2D eigenvalue weighted by molar-refractivity contribution is 0.225. The number of nitrogens with two attached hydrogens (primary N) is 1. The average molecular weight is 180 g/mol. The Labute approximate surface area is 78.4 Å². The van der Waals surface area contributed by atoms with Crippen molar-refractivity contribution in [3.8, 4) is 0 Å². The zero-order valence-corrected chi connectivity index (χ0v) is 7.92. The summed E-state index contributed by atoms with van der Waals surface area (Å²) in [4.78, 5) is 10.6. The van der Waals surface area contributed by atoms with Gasteiger partial charge in [-0.2, -0.15) is 0 Å². The van der Waals surface area contributed by atoms with E-state index in [2.05, 4.69) is 24.4 Å². The largest absolute Gasteiger partial charge is 0.352 e. The molecule has 3 nitrogen and oxygen atoms in total. The summed E-state index contributed by atoms with van der Waals surface area (Å²) < 4.78 is 0. The van der Waals surface area contributed by atoms with E-state index in [1.807, 2.05) is 0 Å². The van der Waals surface area contributed by atoms with E-state index in [9.17, 15) is 4.79 Å². The minimum absolute atomic E-state index is 0.244. The minimum Gasteiger partial charge on any atom is -0.352 e. The second-order valence-corrected chi connectivity index (χ2v) is 4.56. The molecule has 2 aliphatic carbocycles. The molecule has 1 saturated carbocycles. The second kappa shape index (κ2) is 2.76. The van der Waals surface area contributed by atoms with Crippen LogP contribution in [-0.4, -0.2) is 12.6 Å². The summed E-state index contributed by atoms with van der Waals surface area (Å²) in [5, 5.41) is 2.72. The Morgan fingerprint density at radius 1 is 1.69 bits per heavy atom. The second-order valence-electron chi connectivity index (χ2n) is 4.56. The van der Waals surface area contributed by atoms with E-state index in [4.69, 9.17) is 5.73 Å². The molecule has 3 heteroatoms. The molecular formula is C10H16N2O. The highest BCUT2D eigenvalue weighted by atomic mass is 16.2. The SMILES string of the molecule is C[C@@]1(CNC(N)=O)C[C@@H]2C=C[C@H]1C2. The number of allylic oxidation sites excluding steroid dienone is 2. The molecule has 0 saturated heterocycles. The first kappa shape index (κ1) is 8.60. The van der Waals surface area contributed by atoms with Crippen molar-refractivity contribution in [1.29, 1.82) is 0 Å². The molecule has 2 bridgehead atoms.